The molecule has 0 saturated heterocycles. The van der Waals surface area contributed by atoms with Gasteiger partial charge in [-0.2, -0.15) is 8.78 Å². The van der Waals surface area contributed by atoms with Crippen molar-refractivity contribution < 1.29 is 13.2 Å². The number of nitrogens with zero attached hydrogens (tertiary/aromatic N) is 6. The molecule has 0 fully saturated rings. The summed E-state index contributed by atoms with van der Waals surface area (Å²) in [4.78, 5) is 4.29. The predicted molar refractivity (Wildman–Crippen MR) is 91.8 cm³/mol. The highest BCUT2D eigenvalue weighted by Crippen LogP contribution is 2.23. The lowest BCUT2D eigenvalue weighted by Crippen LogP contribution is -2.02. The summed E-state index contributed by atoms with van der Waals surface area (Å²) in [5.74, 6) is -0.702. The zero-order valence-electron chi connectivity index (χ0n) is 14.3. The van der Waals surface area contributed by atoms with Gasteiger partial charge in [0.15, 0.2) is 0 Å². The molecule has 0 aliphatic rings. The van der Waals surface area contributed by atoms with Crippen LogP contribution in [0.3, 0.4) is 0 Å². The highest BCUT2D eigenvalue weighted by atomic mass is 19.3. The van der Waals surface area contributed by atoms with E-state index < -0.39 is 12.3 Å². The fourth-order valence-corrected chi connectivity index (χ4v) is 2.48. The molecule has 0 unspecified atom stereocenters. The van der Waals surface area contributed by atoms with Gasteiger partial charge in [0, 0.05) is 11.8 Å². The molecule has 0 atom stereocenters. The third-order valence-electron chi connectivity index (χ3n) is 3.91. The number of aromatic nitrogens is 6. The monoisotopic (exact) mass is 368 g/mol. The maximum Gasteiger partial charge on any atom is 0.314 e. The van der Waals surface area contributed by atoms with Crippen LogP contribution in [0.25, 0.3) is 22.7 Å². The Morgan fingerprint density at radius 3 is 2.44 bits per heavy atom. The van der Waals surface area contributed by atoms with E-state index in [1.54, 1.807) is 16.8 Å². The van der Waals surface area contributed by atoms with Crippen LogP contribution in [0.1, 0.15) is 23.6 Å². The Kier molecular flexibility index (Phi) is 4.41. The van der Waals surface area contributed by atoms with E-state index in [-0.39, 0.29) is 5.89 Å². The van der Waals surface area contributed by atoms with Crippen molar-refractivity contribution in [1.82, 2.24) is 30.2 Å². The number of alkyl halides is 2. The van der Waals surface area contributed by atoms with Gasteiger partial charge in [0.05, 0.1) is 24.0 Å². The van der Waals surface area contributed by atoms with Crippen molar-refractivity contribution in [1.29, 1.82) is 0 Å². The van der Waals surface area contributed by atoms with Crippen LogP contribution in [0.15, 0.2) is 53.2 Å². The van der Waals surface area contributed by atoms with Crippen molar-refractivity contribution in [2.75, 3.05) is 0 Å². The zero-order chi connectivity index (χ0) is 18.8. The molecule has 0 aliphatic carbocycles. The van der Waals surface area contributed by atoms with Gasteiger partial charge >= 0.3 is 6.43 Å². The highest BCUT2D eigenvalue weighted by molar-refractivity contribution is 5.58. The third-order valence-corrected chi connectivity index (χ3v) is 3.91. The molecule has 0 bridgehead atoms. The van der Waals surface area contributed by atoms with Crippen LogP contribution < -0.4 is 0 Å². The molecule has 0 saturated carbocycles. The van der Waals surface area contributed by atoms with Crippen LogP contribution in [-0.2, 0) is 6.54 Å². The quantitative estimate of drug-likeness (QED) is 0.534. The first-order chi connectivity index (χ1) is 13.1. The van der Waals surface area contributed by atoms with Gasteiger partial charge in [0.2, 0.25) is 5.89 Å². The Morgan fingerprint density at radius 2 is 1.78 bits per heavy atom. The molecular formula is C18H14F2N6O. The largest absolute Gasteiger partial charge is 0.415 e. The molecular weight excluding hydrogens is 354 g/mol. The van der Waals surface area contributed by atoms with Gasteiger partial charge in [-0.1, -0.05) is 35.0 Å². The topological polar surface area (TPSA) is 82.5 Å². The van der Waals surface area contributed by atoms with E-state index in [0.29, 0.717) is 12.1 Å². The number of hydrogen-bond donors (Lipinski definition) is 0. The molecule has 3 aromatic heterocycles. The number of rotatable bonds is 5. The van der Waals surface area contributed by atoms with Crippen molar-refractivity contribution >= 4 is 0 Å². The summed E-state index contributed by atoms with van der Waals surface area (Å²) in [6, 6.07) is 11.5. The molecule has 0 spiro atoms. The number of benzene rings is 1. The Bertz CT molecular complexity index is 1040. The molecule has 0 amide bonds. The normalized spacial score (nSPS) is 11.3. The summed E-state index contributed by atoms with van der Waals surface area (Å²) in [6.45, 7) is 2.45. The summed E-state index contributed by atoms with van der Waals surface area (Å²) in [7, 11) is 0. The minimum atomic E-state index is -2.80. The molecule has 7 nitrogen and oxygen atoms in total. The first kappa shape index (κ1) is 17.0. The van der Waals surface area contributed by atoms with Gasteiger partial charge in [-0.05, 0) is 19.1 Å². The molecule has 9 heteroatoms. The van der Waals surface area contributed by atoms with Gasteiger partial charge in [0.1, 0.15) is 5.69 Å². The summed E-state index contributed by atoms with van der Waals surface area (Å²) in [5.41, 5.74) is 4.14. The fraction of sp³-hybridized carbons (Fsp3) is 0.167. The van der Waals surface area contributed by atoms with Crippen LogP contribution in [0.5, 0.6) is 0 Å². The lowest BCUT2D eigenvalue weighted by molar-refractivity contribution is 0.116. The van der Waals surface area contributed by atoms with E-state index >= 15 is 0 Å². The smallest absolute Gasteiger partial charge is 0.314 e. The Labute approximate surface area is 152 Å². The second-order valence-electron chi connectivity index (χ2n) is 5.95. The van der Waals surface area contributed by atoms with E-state index in [1.807, 2.05) is 37.4 Å². The minimum absolute atomic E-state index is 0.00626. The SMILES string of the molecule is Cc1ccc(-c2cn(Cc3ccc(-c4nnc(C(F)F)o4)cn3)nn2)cc1. The average Bonchev–Trinajstić information content (AvgIpc) is 3.33. The summed E-state index contributed by atoms with van der Waals surface area (Å²) in [5, 5.41) is 15.2. The number of halogens is 2. The Hall–Kier alpha value is -3.49. The van der Waals surface area contributed by atoms with Crippen LogP contribution >= 0.6 is 0 Å². The highest BCUT2D eigenvalue weighted by Gasteiger charge is 2.17. The molecule has 0 radical (unpaired) electrons. The zero-order valence-corrected chi connectivity index (χ0v) is 14.3. The van der Waals surface area contributed by atoms with E-state index in [1.165, 1.54) is 11.8 Å². The standard InChI is InChI=1S/C18H14F2N6O/c1-11-2-4-12(5-3-11)15-10-26(25-22-15)9-14-7-6-13(8-21-14)17-23-24-18(27-17)16(19)20/h2-8,10,16H,9H2,1H3. The van der Waals surface area contributed by atoms with E-state index in [0.717, 1.165) is 17.0 Å². The predicted octanol–water partition coefficient (Wildman–Crippen LogP) is 3.68. The lowest BCUT2D eigenvalue weighted by Gasteiger charge is -2.01. The van der Waals surface area contributed by atoms with E-state index in [4.69, 9.17) is 4.42 Å². The minimum Gasteiger partial charge on any atom is -0.415 e. The molecule has 4 aromatic rings. The summed E-state index contributed by atoms with van der Waals surface area (Å²) < 4.78 is 31.6. The maximum absolute atomic E-state index is 12.5. The van der Waals surface area contributed by atoms with Gasteiger partial charge in [-0.25, -0.2) is 4.68 Å². The molecule has 0 N–H and O–H groups in total. The molecule has 4 rings (SSSR count). The molecule has 136 valence electrons. The summed E-state index contributed by atoms with van der Waals surface area (Å²) >= 11 is 0. The van der Waals surface area contributed by atoms with E-state index in [9.17, 15) is 8.78 Å². The van der Waals surface area contributed by atoms with Gasteiger partial charge < -0.3 is 4.42 Å². The average molecular weight is 368 g/mol. The van der Waals surface area contributed by atoms with Crippen LogP contribution in [0.4, 0.5) is 8.78 Å². The van der Waals surface area contributed by atoms with E-state index in [2.05, 4.69) is 25.5 Å². The Morgan fingerprint density at radius 1 is 1.00 bits per heavy atom. The molecule has 3 heterocycles. The van der Waals surface area contributed by atoms with Gasteiger partial charge in [-0.15, -0.1) is 15.3 Å². The second-order valence-corrected chi connectivity index (χ2v) is 5.95. The first-order valence-corrected chi connectivity index (χ1v) is 8.12. The maximum atomic E-state index is 12.5. The van der Waals surface area contributed by atoms with Crippen LogP contribution in [0.2, 0.25) is 0 Å². The van der Waals surface area contributed by atoms with Crippen molar-refractivity contribution in [3.05, 3.63) is 65.9 Å². The molecule has 1 aromatic carbocycles. The van der Waals surface area contributed by atoms with Gasteiger partial charge in [0.25, 0.3) is 5.89 Å². The fourth-order valence-electron chi connectivity index (χ4n) is 2.48. The Balaban J connectivity index is 1.48. The molecule has 0 aliphatic heterocycles. The number of hydrogen-bond acceptors (Lipinski definition) is 6. The summed E-state index contributed by atoms with van der Waals surface area (Å²) in [6.07, 6.45) is 0.539. The number of aryl methyl sites for hydroxylation is 1. The van der Waals surface area contributed by atoms with Crippen LogP contribution in [0, 0.1) is 6.92 Å². The van der Waals surface area contributed by atoms with Crippen molar-refractivity contribution in [3.8, 4) is 22.7 Å². The molecule has 27 heavy (non-hydrogen) atoms. The van der Waals surface area contributed by atoms with Crippen LogP contribution in [-0.4, -0.2) is 30.2 Å². The lowest BCUT2D eigenvalue weighted by atomic mass is 10.1. The van der Waals surface area contributed by atoms with Crippen molar-refractivity contribution in [3.63, 3.8) is 0 Å². The first-order valence-electron chi connectivity index (χ1n) is 8.12. The van der Waals surface area contributed by atoms with Gasteiger partial charge in [-0.3, -0.25) is 4.98 Å². The van der Waals surface area contributed by atoms with Crippen molar-refractivity contribution in [2.45, 2.75) is 19.9 Å². The van der Waals surface area contributed by atoms with Crippen molar-refractivity contribution in [2.24, 2.45) is 0 Å². The second kappa shape index (κ2) is 7.02. The number of pyridine rings is 1. The third kappa shape index (κ3) is 3.71.